The van der Waals surface area contributed by atoms with E-state index in [1.54, 1.807) is 20.8 Å². The van der Waals surface area contributed by atoms with Crippen LogP contribution in [0.2, 0.25) is 0 Å². The number of amides is 3. The van der Waals surface area contributed by atoms with E-state index in [4.69, 9.17) is 9.26 Å². The Bertz CT molecular complexity index is 1210. The van der Waals surface area contributed by atoms with E-state index in [1.165, 1.54) is 37.3 Å². The molecule has 0 aliphatic carbocycles. The number of benzene rings is 1. The maximum Gasteiger partial charge on any atom is 0.524 e. The van der Waals surface area contributed by atoms with Crippen molar-refractivity contribution in [2.45, 2.75) is 71.8 Å². The van der Waals surface area contributed by atoms with Crippen LogP contribution in [0.5, 0.6) is 5.75 Å². The highest BCUT2D eigenvalue weighted by Crippen LogP contribution is 2.41. The van der Waals surface area contributed by atoms with Gasteiger partial charge in [-0.15, -0.1) is 0 Å². The molecule has 0 spiro atoms. The summed E-state index contributed by atoms with van der Waals surface area (Å²) in [4.78, 5) is 79.6. The van der Waals surface area contributed by atoms with Gasteiger partial charge in [0.15, 0.2) is 5.75 Å². The van der Waals surface area contributed by atoms with Crippen LogP contribution in [0, 0.1) is 11.8 Å². The normalized spacial score (nSPS) is 15.0. The van der Waals surface area contributed by atoms with Crippen molar-refractivity contribution in [3.63, 3.8) is 0 Å². The van der Waals surface area contributed by atoms with E-state index in [-0.39, 0.29) is 43.7 Å². The van der Waals surface area contributed by atoms with Crippen molar-refractivity contribution in [1.29, 1.82) is 0 Å². The quantitative estimate of drug-likeness (QED) is 0.100. The highest BCUT2D eigenvalue weighted by molar-refractivity contribution is 7.46. The van der Waals surface area contributed by atoms with Gasteiger partial charge in [-0.1, -0.05) is 13.0 Å². The summed E-state index contributed by atoms with van der Waals surface area (Å²) >= 11 is 0. The Balaban J connectivity index is 2.15. The zero-order chi connectivity index (χ0) is 31.0. The van der Waals surface area contributed by atoms with Gasteiger partial charge in [0, 0.05) is 31.5 Å². The summed E-state index contributed by atoms with van der Waals surface area (Å²) in [5.74, 6) is -4.33. The van der Waals surface area contributed by atoms with Crippen molar-refractivity contribution < 1.29 is 52.7 Å². The van der Waals surface area contributed by atoms with E-state index in [0.717, 1.165) is 4.90 Å². The van der Waals surface area contributed by atoms with Crippen molar-refractivity contribution >= 4 is 43.2 Å². The van der Waals surface area contributed by atoms with Crippen molar-refractivity contribution in [1.82, 2.24) is 4.90 Å². The smallest absolute Gasteiger partial charge is 0.481 e. The molecule has 0 radical (unpaired) electrons. The van der Waals surface area contributed by atoms with Crippen LogP contribution >= 0.6 is 7.82 Å². The van der Waals surface area contributed by atoms with Crippen LogP contribution in [0.4, 0.5) is 5.69 Å². The fourth-order valence-electron chi connectivity index (χ4n) is 4.22. The van der Waals surface area contributed by atoms with E-state index < -0.39 is 54.9 Å². The van der Waals surface area contributed by atoms with Crippen LogP contribution in [0.1, 0.15) is 65.4 Å². The first kappa shape index (κ1) is 33.7. The molecule has 2 rings (SSSR count). The van der Waals surface area contributed by atoms with Gasteiger partial charge in [-0.05, 0) is 70.1 Å². The third kappa shape index (κ3) is 12.2. The predicted octanol–water partition coefficient (Wildman–Crippen LogP) is 3.19. The summed E-state index contributed by atoms with van der Waals surface area (Å²) in [6.07, 6.45) is 3.33. The van der Waals surface area contributed by atoms with Gasteiger partial charge in [-0.25, -0.2) is 4.57 Å². The second kappa shape index (κ2) is 14.4. The lowest BCUT2D eigenvalue weighted by molar-refractivity contribution is -0.156. The third-order valence-electron chi connectivity index (χ3n) is 5.98. The Morgan fingerprint density at radius 3 is 2.27 bits per heavy atom. The minimum absolute atomic E-state index is 0.0133. The largest absolute Gasteiger partial charge is 0.524 e. The number of anilines is 1. The average Bonchev–Trinajstić information content (AvgIpc) is 3.13. The van der Waals surface area contributed by atoms with Crippen LogP contribution in [0.25, 0.3) is 0 Å². The summed E-state index contributed by atoms with van der Waals surface area (Å²) in [5, 5.41) is 12.0. The van der Waals surface area contributed by atoms with E-state index in [2.05, 4.69) is 5.32 Å². The fourth-order valence-corrected chi connectivity index (χ4v) is 4.64. The Morgan fingerprint density at radius 1 is 1.07 bits per heavy atom. The van der Waals surface area contributed by atoms with Gasteiger partial charge in [-0.2, -0.15) is 0 Å². The number of aliphatic carboxylic acids is 1. The summed E-state index contributed by atoms with van der Waals surface area (Å²) in [6.45, 7) is 6.83. The molecule has 1 aromatic carbocycles. The first-order chi connectivity index (χ1) is 18.9. The Labute approximate surface area is 238 Å². The molecule has 1 unspecified atom stereocenters. The molecule has 0 fully saturated rings. The Hall–Kier alpha value is -3.54. The number of carboxylic acids is 1. The zero-order valence-corrected chi connectivity index (χ0v) is 24.4. The highest BCUT2D eigenvalue weighted by atomic mass is 31.2. The predicted molar refractivity (Wildman–Crippen MR) is 147 cm³/mol. The monoisotopic (exact) mass is 596 g/mol. The summed E-state index contributed by atoms with van der Waals surface area (Å²) in [6, 6.07) is 4.22. The number of esters is 1. The second-order valence-electron chi connectivity index (χ2n) is 10.9. The van der Waals surface area contributed by atoms with Crippen molar-refractivity contribution in [2.24, 2.45) is 11.8 Å². The first-order valence-corrected chi connectivity index (χ1v) is 14.6. The molecule has 3 amide bonds. The molecule has 41 heavy (non-hydrogen) atoms. The molecular formula is C27H37N2O11P. The van der Waals surface area contributed by atoms with Crippen LogP contribution < -0.4 is 9.84 Å². The Morgan fingerprint density at radius 2 is 1.71 bits per heavy atom. The molecule has 226 valence electrons. The number of nitrogens with zero attached hydrogens (tertiary/aromatic N) is 1. The molecule has 0 bridgehead atoms. The average molecular weight is 597 g/mol. The minimum Gasteiger partial charge on any atom is -0.481 e. The van der Waals surface area contributed by atoms with Crippen molar-refractivity contribution in [3.8, 4) is 5.75 Å². The van der Waals surface area contributed by atoms with Gasteiger partial charge >= 0.3 is 19.8 Å². The third-order valence-corrected chi connectivity index (χ3v) is 6.41. The number of hydrogen-bond acceptors (Lipinski definition) is 8. The van der Waals surface area contributed by atoms with Crippen LogP contribution in [-0.4, -0.2) is 61.6 Å². The molecule has 2 atom stereocenters. The number of carboxylic acid groups (broad SMARTS) is 1. The van der Waals surface area contributed by atoms with Gasteiger partial charge in [-0.3, -0.25) is 38.7 Å². The minimum atomic E-state index is -4.97. The first-order valence-electron chi connectivity index (χ1n) is 13.1. The maximum atomic E-state index is 12.6. The molecule has 1 heterocycles. The Kier molecular flexibility index (Phi) is 11.8. The number of carbonyl (C=O) groups excluding carboxylic acids is 4. The standard InChI is InChI=1S/C27H37N2O11P/c1-17(26(34)35)13-19(16-25(33)39-27(2,3)4)14-18-8-9-21(40-41(36,37)38)20(15-18)28-22(30)7-5-6-12-29-23(31)10-11-24(29)32/h8-11,15,17,19H,5-7,12-14,16H2,1-4H3,(H,28,30)(H,34,35)(H2,36,37,38)/t17?,19-/m1/s1. The molecule has 0 saturated heterocycles. The summed E-state index contributed by atoms with van der Waals surface area (Å²) in [7, 11) is -4.97. The van der Waals surface area contributed by atoms with Gasteiger partial charge in [0.2, 0.25) is 5.91 Å². The zero-order valence-electron chi connectivity index (χ0n) is 23.5. The van der Waals surface area contributed by atoms with Crippen molar-refractivity contribution in [2.75, 3.05) is 11.9 Å². The molecular weight excluding hydrogens is 559 g/mol. The molecule has 1 aliphatic rings. The van der Waals surface area contributed by atoms with Gasteiger partial charge in [0.1, 0.15) is 5.60 Å². The SMILES string of the molecule is CC(C[C@@H](CC(=O)OC(C)(C)C)Cc1ccc(OP(=O)(O)O)c(NC(=O)CCCCN2C(=O)C=CC2=O)c1)C(=O)O. The van der Waals surface area contributed by atoms with Gasteiger partial charge < -0.3 is 19.7 Å². The molecule has 4 N–H and O–H groups in total. The number of hydrogen-bond donors (Lipinski definition) is 4. The van der Waals surface area contributed by atoms with E-state index in [9.17, 15) is 43.4 Å². The number of carbonyl (C=O) groups is 5. The van der Waals surface area contributed by atoms with Gasteiger partial charge in [0.05, 0.1) is 11.6 Å². The molecule has 13 nitrogen and oxygen atoms in total. The number of unbranched alkanes of at least 4 members (excludes halogenated alkanes) is 1. The van der Waals surface area contributed by atoms with E-state index in [0.29, 0.717) is 18.4 Å². The van der Waals surface area contributed by atoms with Crippen LogP contribution in [0.15, 0.2) is 30.4 Å². The second-order valence-corrected chi connectivity index (χ2v) is 12.1. The van der Waals surface area contributed by atoms with Crippen LogP contribution in [0.3, 0.4) is 0 Å². The number of phosphoric ester groups is 1. The van der Waals surface area contributed by atoms with E-state index in [1.807, 2.05) is 0 Å². The maximum absolute atomic E-state index is 12.6. The lowest BCUT2D eigenvalue weighted by atomic mass is 9.87. The molecule has 14 heteroatoms. The number of phosphoric acid groups is 1. The summed E-state index contributed by atoms with van der Waals surface area (Å²) in [5.41, 5.74) is -0.189. The number of imide groups is 1. The lowest BCUT2D eigenvalue weighted by Gasteiger charge is -2.23. The lowest BCUT2D eigenvalue weighted by Crippen LogP contribution is -2.30. The van der Waals surface area contributed by atoms with Crippen LogP contribution in [-0.2, 0) is 39.7 Å². The van der Waals surface area contributed by atoms with Crippen molar-refractivity contribution in [3.05, 3.63) is 35.9 Å². The highest BCUT2D eigenvalue weighted by Gasteiger charge is 2.26. The van der Waals surface area contributed by atoms with Gasteiger partial charge in [0.25, 0.3) is 11.8 Å². The molecule has 1 aliphatic heterocycles. The number of ether oxygens (including phenoxy) is 1. The topological polar surface area (TPSA) is 197 Å². The molecule has 0 aromatic heterocycles. The van der Waals surface area contributed by atoms with E-state index >= 15 is 0 Å². The molecule has 1 aromatic rings. The molecule has 0 saturated carbocycles. The summed E-state index contributed by atoms with van der Waals surface area (Å²) < 4.78 is 21.6. The fraction of sp³-hybridized carbons (Fsp3) is 0.519. The number of nitrogens with one attached hydrogen (secondary N) is 1. The number of rotatable bonds is 15.